The molecule has 0 amide bonds. The maximum Gasteiger partial charge on any atom is 0.339 e. The Hall–Kier alpha value is -2.49. The van der Waals surface area contributed by atoms with Gasteiger partial charge in [-0.05, 0) is 99.5 Å². The minimum atomic E-state index is -0.819. The van der Waals surface area contributed by atoms with E-state index < -0.39 is 17.9 Å². The molecule has 1 spiro atoms. The number of phenolic OH excluding ortho intramolecular Hbond substituents is 1. The molecule has 49 heavy (non-hydrogen) atoms. The van der Waals surface area contributed by atoms with Crippen molar-refractivity contribution in [2.75, 3.05) is 7.11 Å². The van der Waals surface area contributed by atoms with E-state index in [1.54, 1.807) is 26.2 Å². The van der Waals surface area contributed by atoms with E-state index in [1.165, 1.54) is 5.57 Å². The molecule has 11 atom stereocenters. The lowest BCUT2D eigenvalue weighted by molar-refractivity contribution is -0.339. The van der Waals surface area contributed by atoms with E-state index in [0.717, 1.165) is 24.8 Å². The van der Waals surface area contributed by atoms with Gasteiger partial charge in [0.25, 0.3) is 0 Å². The van der Waals surface area contributed by atoms with Crippen LogP contribution in [0, 0.1) is 30.6 Å². The fourth-order valence-electron chi connectivity index (χ4n) is 8.45. The Morgan fingerprint density at radius 2 is 1.80 bits per heavy atom. The molecule has 3 saturated heterocycles. The zero-order valence-electron chi connectivity index (χ0n) is 31.1. The second-order valence-electron chi connectivity index (χ2n) is 15.7. The summed E-state index contributed by atoms with van der Waals surface area (Å²) < 4.78 is 32.3. The van der Waals surface area contributed by atoms with Gasteiger partial charge in [-0.2, -0.15) is 0 Å². The number of hydrogen-bond acceptors (Lipinski definition) is 8. The molecule has 3 fully saturated rings. The van der Waals surface area contributed by atoms with Gasteiger partial charge in [0.2, 0.25) is 0 Å². The smallest absolute Gasteiger partial charge is 0.339 e. The predicted octanol–water partition coefficient (Wildman–Crippen LogP) is 8.08. The maximum atomic E-state index is 14.0. The van der Waals surface area contributed by atoms with Crippen LogP contribution in [-0.2, 0) is 23.7 Å². The van der Waals surface area contributed by atoms with Crippen molar-refractivity contribution in [3.8, 4) is 5.75 Å². The van der Waals surface area contributed by atoms with Crippen molar-refractivity contribution in [3.63, 3.8) is 0 Å². The normalized spacial score (nSPS) is 40.5. The van der Waals surface area contributed by atoms with Gasteiger partial charge in [0, 0.05) is 32.8 Å². The molecule has 8 heteroatoms. The van der Waals surface area contributed by atoms with E-state index in [2.05, 4.69) is 46.8 Å². The number of phenols is 1. The number of ether oxygens (including phenoxy) is 5. The first-order valence-electron chi connectivity index (χ1n) is 18.5. The first-order chi connectivity index (χ1) is 23.2. The van der Waals surface area contributed by atoms with Crippen molar-refractivity contribution in [1.29, 1.82) is 0 Å². The van der Waals surface area contributed by atoms with Crippen molar-refractivity contribution in [2.24, 2.45) is 23.7 Å². The number of carbonyl (C=O) groups excluding carboxylic acids is 1. The summed E-state index contributed by atoms with van der Waals surface area (Å²) in [5, 5.41) is 21.2. The molecule has 5 rings (SSSR count). The largest absolute Gasteiger partial charge is 0.508 e. The van der Waals surface area contributed by atoms with Gasteiger partial charge in [-0.25, -0.2) is 4.79 Å². The van der Waals surface area contributed by atoms with Gasteiger partial charge in [-0.1, -0.05) is 57.6 Å². The van der Waals surface area contributed by atoms with Gasteiger partial charge in [0.05, 0.1) is 42.2 Å². The molecular formula is C41H60O8. The number of allylic oxidation sites excluding steroid dienone is 5. The number of hydrogen-bond donors (Lipinski definition) is 2. The molecule has 0 radical (unpaired) electrons. The first kappa shape index (κ1) is 37.8. The lowest BCUT2D eigenvalue weighted by Crippen LogP contribution is -2.55. The standard InChI is InChI=1S/C41H60O8/c1-23(2)39-27(6)15-16-41(49-39)22-31-18-30(48-41)14-13-26(5)32(20-38-37(45-9)21-36(43)29(8)46-38)24(3)11-10-12-25(4)33-19-35(42)28(7)17-34(33)40(44)47-31/h10-13,17,19,23-24,27,29-32,36-39,42-43H,14-16,18,20-22H2,1-9H3/b11-10-,25-12-,26-13-/t24-,27+,29-,30+,31?,32-,36?,37+,38?,39+,41+/m1/s1. The lowest BCUT2D eigenvalue weighted by atomic mass is 9.79. The van der Waals surface area contributed by atoms with Crippen LogP contribution < -0.4 is 0 Å². The molecule has 1 aromatic carbocycles. The molecular weight excluding hydrogens is 620 g/mol. The highest BCUT2D eigenvalue weighted by Crippen LogP contribution is 2.45. The van der Waals surface area contributed by atoms with E-state index in [0.29, 0.717) is 54.2 Å². The number of methoxy groups -OCH3 is 1. The van der Waals surface area contributed by atoms with Gasteiger partial charge in [0.1, 0.15) is 11.9 Å². The van der Waals surface area contributed by atoms with Crippen LogP contribution in [0.25, 0.3) is 5.57 Å². The Kier molecular flexibility index (Phi) is 12.2. The van der Waals surface area contributed by atoms with Crippen LogP contribution in [0.4, 0.5) is 0 Å². The highest BCUT2D eigenvalue weighted by molar-refractivity contribution is 5.96. The van der Waals surface area contributed by atoms with Gasteiger partial charge < -0.3 is 33.9 Å². The molecule has 0 saturated carbocycles. The monoisotopic (exact) mass is 680 g/mol. The summed E-state index contributed by atoms with van der Waals surface area (Å²) in [4.78, 5) is 14.0. The third kappa shape index (κ3) is 8.70. The number of aliphatic hydroxyl groups excluding tert-OH is 1. The predicted molar refractivity (Wildman–Crippen MR) is 191 cm³/mol. The Balaban J connectivity index is 1.54. The summed E-state index contributed by atoms with van der Waals surface area (Å²) in [7, 11) is 1.69. The molecule has 4 heterocycles. The number of benzene rings is 1. The minimum Gasteiger partial charge on any atom is -0.508 e. The minimum absolute atomic E-state index is 0.0558. The molecule has 4 aliphatic rings. The molecule has 3 unspecified atom stereocenters. The summed E-state index contributed by atoms with van der Waals surface area (Å²) in [5.74, 6) is -0.0383. The third-order valence-corrected chi connectivity index (χ3v) is 11.5. The Morgan fingerprint density at radius 3 is 2.51 bits per heavy atom. The van der Waals surface area contributed by atoms with Crippen molar-refractivity contribution < 1.29 is 38.7 Å². The number of fused-ring (bicyclic) bond motifs is 3. The van der Waals surface area contributed by atoms with Crippen LogP contribution in [0.15, 0.2) is 42.0 Å². The molecule has 1 aromatic rings. The van der Waals surface area contributed by atoms with Gasteiger partial charge in [0.15, 0.2) is 5.79 Å². The van der Waals surface area contributed by atoms with Crippen molar-refractivity contribution >= 4 is 11.5 Å². The van der Waals surface area contributed by atoms with Crippen LogP contribution in [0.1, 0.15) is 115 Å². The molecule has 8 nitrogen and oxygen atoms in total. The van der Waals surface area contributed by atoms with Crippen LogP contribution in [0.2, 0.25) is 0 Å². The number of rotatable bonds is 4. The quantitative estimate of drug-likeness (QED) is 0.243. The first-order valence-corrected chi connectivity index (χ1v) is 18.5. The summed E-state index contributed by atoms with van der Waals surface area (Å²) >= 11 is 0. The van der Waals surface area contributed by atoms with Crippen molar-refractivity contribution in [3.05, 3.63) is 58.7 Å². The molecule has 0 aromatic heterocycles. The summed E-state index contributed by atoms with van der Waals surface area (Å²) in [6.07, 6.45) is 11.6. The fourth-order valence-corrected chi connectivity index (χ4v) is 8.45. The van der Waals surface area contributed by atoms with E-state index in [-0.39, 0.29) is 54.2 Å². The van der Waals surface area contributed by atoms with Gasteiger partial charge in [-0.15, -0.1) is 0 Å². The SMILES string of the molecule is CO[C@H]1CC(O)[C@@H](C)OC1C[C@H]1/C(C)=C\C[C@H]2CC(C[C@@]3(CC[C@H](C)[C@H](C(C)C)O3)O2)OC(=O)c2cc(C)c(O)cc2/C(C)=C\C=C/[C@H]1C. The topological polar surface area (TPSA) is 104 Å². The zero-order chi connectivity index (χ0) is 35.6. The summed E-state index contributed by atoms with van der Waals surface area (Å²) in [6.45, 7) is 16.7. The van der Waals surface area contributed by atoms with E-state index in [4.69, 9.17) is 23.7 Å². The number of aryl methyl sites for hydroxylation is 1. The van der Waals surface area contributed by atoms with E-state index >= 15 is 0 Å². The second-order valence-corrected chi connectivity index (χ2v) is 15.7. The summed E-state index contributed by atoms with van der Waals surface area (Å²) in [6, 6.07) is 3.40. The molecule has 2 bridgehead atoms. The third-order valence-electron chi connectivity index (χ3n) is 11.5. The van der Waals surface area contributed by atoms with Crippen LogP contribution in [-0.4, -0.2) is 71.8 Å². The van der Waals surface area contributed by atoms with Crippen molar-refractivity contribution in [1.82, 2.24) is 0 Å². The molecule has 272 valence electrons. The van der Waals surface area contributed by atoms with E-state index in [1.807, 2.05) is 26.0 Å². The van der Waals surface area contributed by atoms with Crippen LogP contribution in [0.5, 0.6) is 5.75 Å². The van der Waals surface area contributed by atoms with Gasteiger partial charge in [-0.3, -0.25) is 0 Å². The lowest BCUT2D eigenvalue weighted by Gasteiger charge is -2.50. The molecule has 0 aliphatic carbocycles. The van der Waals surface area contributed by atoms with E-state index in [9.17, 15) is 15.0 Å². The Labute approximate surface area is 293 Å². The fraction of sp³-hybridized carbons (Fsp3) is 0.683. The maximum absolute atomic E-state index is 14.0. The molecule has 4 aliphatic heterocycles. The molecule has 2 N–H and O–H groups in total. The van der Waals surface area contributed by atoms with Crippen LogP contribution >= 0.6 is 0 Å². The number of aliphatic hydroxyl groups is 1. The average molecular weight is 681 g/mol. The number of carbonyl (C=O) groups is 1. The average Bonchev–Trinajstić information content (AvgIpc) is 3.05. The summed E-state index contributed by atoms with van der Waals surface area (Å²) in [5.41, 5.74) is 3.81. The Morgan fingerprint density at radius 1 is 1.04 bits per heavy atom. The highest BCUT2D eigenvalue weighted by atomic mass is 16.7. The van der Waals surface area contributed by atoms with Crippen LogP contribution in [0.3, 0.4) is 0 Å². The second kappa shape index (κ2) is 15.8. The zero-order valence-corrected chi connectivity index (χ0v) is 31.1. The van der Waals surface area contributed by atoms with Gasteiger partial charge >= 0.3 is 5.97 Å². The number of aromatic hydroxyl groups is 1. The number of esters is 1. The Bertz CT molecular complexity index is 1410. The van der Waals surface area contributed by atoms with Crippen molar-refractivity contribution in [2.45, 2.75) is 149 Å². The highest BCUT2D eigenvalue weighted by Gasteiger charge is 2.49.